The van der Waals surface area contributed by atoms with Gasteiger partial charge in [0.05, 0.1) is 5.39 Å². The first-order valence-corrected chi connectivity index (χ1v) is 10.4. The lowest BCUT2D eigenvalue weighted by molar-refractivity contribution is 0.276. The van der Waals surface area contributed by atoms with E-state index >= 15 is 0 Å². The minimum absolute atomic E-state index is 0.734. The van der Waals surface area contributed by atoms with Crippen molar-refractivity contribution in [3.8, 4) is 0 Å². The van der Waals surface area contributed by atoms with Crippen molar-refractivity contribution in [1.29, 1.82) is 0 Å². The molecule has 0 amide bonds. The van der Waals surface area contributed by atoms with E-state index in [0.29, 0.717) is 0 Å². The van der Waals surface area contributed by atoms with Crippen LogP contribution in [0, 0.1) is 0 Å². The lowest BCUT2D eigenvalue weighted by Crippen LogP contribution is -2.24. The van der Waals surface area contributed by atoms with E-state index in [9.17, 15) is 0 Å². The van der Waals surface area contributed by atoms with Gasteiger partial charge in [-0.15, -0.1) is 0 Å². The van der Waals surface area contributed by atoms with Crippen LogP contribution in [0.2, 0.25) is 0 Å². The molecule has 2 aromatic heterocycles. The number of nitrogens with zero attached hydrogens (tertiary/aromatic N) is 5. The smallest absolute Gasteiger partial charge is 0.164 e. The molecule has 3 heterocycles. The van der Waals surface area contributed by atoms with Crippen molar-refractivity contribution in [3.05, 3.63) is 46.3 Å². The minimum atomic E-state index is 0.734. The number of aromatic nitrogens is 4. The number of likely N-dealkylation sites (tertiary alicyclic amines) is 1. The molecule has 142 valence electrons. The Labute approximate surface area is 168 Å². The number of aryl methyl sites for hydroxylation is 1. The van der Waals surface area contributed by atoms with E-state index in [1.54, 1.807) is 11.0 Å². The van der Waals surface area contributed by atoms with Crippen molar-refractivity contribution in [2.24, 2.45) is 7.05 Å². The molecule has 1 aromatic carbocycles. The van der Waals surface area contributed by atoms with Gasteiger partial charge in [0, 0.05) is 20.1 Å². The van der Waals surface area contributed by atoms with Gasteiger partial charge in [-0.25, -0.2) is 14.6 Å². The zero-order valence-electron chi connectivity index (χ0n) is 15.7. The molecular formula is C20H25BrN6. The topological polar surface area (TPSA) is 58.9 Å². The number of anilines is 1. The zero-order chi connectivity index (χ0) is 18.6. The molecule has 0 bridgehead atoms. The molecule has 3 aromatic rings. The normalized spacial score (nSPS) is 15.8. The maximum Gasteiger partial charge on any atom is 0.164 e. The molecule has 0 spiro atoms. The average molecular weight is 429 g/mol. The van der Waals surface area contributed by atoms with Gasteiger partial charge in [-0.05, 0) is 53.0 Å². The molecule has 0 atom stereocenters. The Hall–Kier alpha value is -1.99. The molecule has 1 aliphatic heterocycles. The Morgan fingerprint density at radius 2 is 1.78 bits per heavy atom. The van der Waals surface area contributed by atoms with Gasteiger partial charge in [-0.3, -0.25) is 4.90 Å². The molecule has 0 unspecified atom stereocenters. The molecule has 0 aliphatic carbocycles. The Kier molecular flexibility index (Phi) is 5.69. The van der Waals surface area contributed by atoms with Crippen LogP contribution >= 0.6 is 15.9 Å². The van der Waals surface area contributed by atoms with E-state index in [-0.39, 0.29) is 0 Å². The zero-order valence-corrected chi connectivity index (χ0v) is 17.2. The van der Waals surface area contributed by atoms with E-state index in [4.69, 9.17) is 0 Å². The number of nitrogens with one attached hydrogen (secondary N) is 1. The average Bonchev–Trinajstić information content (AvgIpc) is 2.85. The second-order valence-electron chi connectivity index (χ2n) is 7.15. The van der Waals surface area contributed by atoms with Gasteiger partial charge in [0.2, 0.25) is 0 Å². The first-order chi connectivity index (χ1) is 13.2. The highest BCUT2D eigenvalue weighted by molar-refractivity contribution is 9.10. The van der Waals surface area contributed by atoms with Crippen molar-refractivity contribution in [2.45, 2.75) is 38.8 Å². The first-order valence-electron chi connectivity index (χ1n) is 9.58. The van der Waals surface area contributed by atoms with Crippen LogP contribution in [0.5, 0.6) is 0 Å². The minimum Gasteiger partial charge on any atom is -0.365 e. The summed E-state index contributed by atoms with van der Waals surface area (Å²) in [6.45, 7) is 4.17. The highest BCUT2D eigenvalue weighted by Gasteiger charge is 2.15. The first kappa shape index (κ1) is 18.4. The van der Waals surface area contributed by atoms with Gasteiger partial charge in [0.25, 0.3) is 0 Å². The summed E-state index contributed by atoms with van der Waals surface area (Å²) in [5, 5.41) is 8.81. The summed E-state index contributed by atoms with van der Waals surface area (Å²) >= 11 is 3.52. The number of benzene rings is 1. The second kappa shape index (κ2) is 8.35. The molecule has 27 heavy (non-hydrogen) atoms. The maximum absolute atomic E-state index is 4.44. The monoisotopic (exact) mass is 428 g/mol. The molecular weight excluding hydrogens is 404 g/mol. The third-order valence-corrected chi connectivity index (χ3v) is 5.79. The van der Waals surface area contributed by atoms with Gasteiger partial charge in [-0.2, -0.15) is 5.10 Å². The van der Waals surface area contributed by atoms with Crippen molar-refractivity contribution in [2.75, 3.05) is 18.4 Å². The third-order valence-electron chi connectivity index (χ3n) is 5.24. The number of hydrogen-bond acceptors (Lipinski definition) is 5. The molecule has 7 heteroatoms. The van der Waals surface area contributed by atoms with Crippen LogP contribution < -0.4 is 5.32 Å². The van der Waals surface area contributed by atoms with Crippen LogP contribution in [-0.4, -0.2) is 37.7 Å². The van der Waals surface area contributed by atoms with Gasteiger partial charge >= 0.3 is 0 Å². The molecule has 1 N–H and O–H groups in total. The van der Waals surface area contributed by atoms with Crippen LogP contribution in [0.3, 0.4) is 0 Å². The van der Waals surface area contributed by atoms with Crippen LogP contribution in [0.25, 0.3) is 11.0 Å². The summed E-state index contributed by atoms with van der Waals surface area (Å²) in [4.78, 5) is 11.4. The molecule has 0 radical (unpaired) electrons. The SMILES string of the molecule is Cn1nc(Br)c2c(NCc3ccccc3CN3CCCCCC3)ncnc21. The van der Waals surface area contributed by atoms with E-state index in [2.05, 4.69) is 65.5 Å². The maximum atomic E-state index is 4.44. The Balaban J connectivity index is 1.52. The summed E-state index contributed by atoms with van der Waals surface area (Å²) in [7, 11) is 1.89. The summed E-state index contributed by atoms with van der Waals surface area (Å²) in [5.41, 5.74) is 3.52. The lowest BCUT2D eigenvalue weighted by Gasteiger charge is -2.21. The van der Waals surface area contributed by atoms with Crippen LogP contribution in [0.15, 0.2) is 35.2 Å². The second-order valence-corrected chi connectivity index (χ2v) is 7.90. The number of fused-ring (bicyclic) bond motifs is 1. The van der Waals surface area contributed by atoms with E-state index in [1.807, 2.05) is 7.05 Å². The van der Waals surface area contributed by atoms with Crippen LogP contribution in [0.1, 0.15) is 36.8 Å². The third kappa shape index (κ3) is 4.14. The van der Waals surface area contributed by atoms with Crippen molar-refractivity contribution < 1.29 is 0 Å². The van der Waals surface area contributed by atoms with Crippen molar-refractivity contribution >= 4 is 32.8 Å². The molecule has 1 fully saturated rings. The van der Waals surface area contributed by atoms with E-state index in [1.165, 1.54) is 49.9 Å². The summed E-state index contributed by atoms with van der Waals surface area (Å²) in [5.74, 6) is 0.810. The number of halogens is 1. The fourth-order valence-corrected chi connectivity index (χ4v) is 4.38. The van der Waals surface area contributed by atoms with E-state index < -0.39 is 0 Å². The largest absolute Gasteiger partial charge is 0.365 e. The van der Waals surface area contributed by atoms with Crippen LogP contribution in [-0.2, 0) is 20.1 Å². The van der Waals surface area contributed by atoms with Gasteiger partial charge in [0.1, 0.15) is 16.7 Å². The number of hydrogen-bond donors (Lipinski definition) is 1. The quantitative estimate of drug-likeness (QED) is 0.662. The Bertz CT molecular complexity index is 914. The van der Waals surface area contributed by atoms with Crippen molar-refractivity contribution in [3.63, 3.8) is 0 Å². The summed E-state index contributed by atoms with van der Waals surface area (Å²) in [6.07, 6.45) is 6.94. The standard InChI is InChI=1S/C20H25BrN6/c1-26-20-17(18(21)25-26)19(23-14-24-20)22-12-15-8-4-5-9-16(15)13-27-10-6-2-3-7-11-27/h4-5,8-9,14H,2-3,6-7,10-13H2,1H3,(H,22,23,24). The molecule has 1 aliphatic rings. The van der Waals surface area contributed by atoms with Crippen molar-refractivity contribution in [1.82, 2.24) is 24.6 Å². The van der Waals surface area contributed by atoms with Gasteiger partial charge in [-0.1, -0.05) is 37.1 Å². The highest BCUT2D eigenvalue weighted by Crippen LogP contribution is 2.27. The Morgan fingerprint density at radius 3 is 2.56 bits per heavy atom. The molecule has 0 saturated carbocycles. The lowest BCUT2D eigenvalue weighted by atomic mass is 10.1. The fraction of sp³-hybridized carbons (Fsp3) is 0.450. The predicted octanol–water partition coefficient (Wildman–Crippen LogP) is 4.11. The molecule has 6 nitrogen and oxygen atoms in total. The summed E-state index contributed by atoms with van der Waals surface area (Å²) in [6, 6.07) is 8.70. The molecule has 4 rings (SSSR count). The van der Waals surface area contributed by atoms with Gasteiger partial charge < -0.3 is 5.32 Å². The predicted molar refractivity (Wildman–Crippen MR) is 112 cm³/mol. The summed E-state index contributed by atoms with van der Waals surface area (Å²) < 4.78 is 2.53. The number of rotatable bonds is 5. The van der Waals surface area contributed by atoms with E-state index in [0.717, 1.165) is 34.5 Å². The van der Waals surface area contributed by atoms with Gasteiger partial charge in [0.15, 0.2) is 5.65 Å². The highest BCUT2D eigenvalue weighted by atomic mass is 79.9. The fourth-order valence-electron chi connectivity index (χ4n) is 3.77. The van der Waals surface area contributed by atoms with Crippen LogP contribution in [0.4, 0.5) is 5.82 Å². The Morgan fingerprint density at radius 1 is 1.04 bits per heavy atom. The molecule has 1 saturated heterocycles.